The van der Waals surface area contributed by atoms with Crippen LogP contribution in [0.3, 0.4) is 0 Å². The van der Waals surface area contributed by atoms with Crippen LogP contribution in [0.15, 0.2) is 36.4 Å². The number of methoxy groups -OCH3 is 1. The zero-order valence-electron chi connectivity index (χ0n) is 23.6. The van der Waals surface area contributed by atoms with E-state index in [0.717, 1.165) is 57.9 Å². The second kappa shape index (κ2) is 11.4. The lowest BCUT2D eigenvalue weighted by Crippen LogP contribution is -2.61. The predicted molar refractivity (Wildman–Crippen MR) is 147 cm³/mol. The Hall–Kier alpha value is -2.58. The second-order valence-electron chi connectivity index (χ2n) is 11.9. The largest absolute Gasteiger partial charge is 0.444 e. The fourth-order valence-electron chi connectivity index (χ4n) is 5.65. The number of hydrogen-bond acceptors (Lipinski definition) is 6. The Labute approximate surface area is 222 Å². The van der Waals surface area contributed by atoms with Crippen molar-refractivity contribution in [3.8, 4) is 0 Å². The highest BCUT2D eigenvalue weighted by Crippen LogP contribution is 2.33. The lowest BCUT2D eigenvalue weighted by Gasteiger charge is -2.49. The first-order valence-electron chi connectivity index (χ1n) is 13.6. The van der Waals surface area contributed by atoms with Crippen molar-refractivity contribution in [3.05, 3.63) is 47.7 Å². The van der Waals surface area contributed by atoms with Crippen molar-refractivity contribution >= 4 is 11.9 Å². The molecule has 0 aliphatic carbocycles. The van der Waals surface area contributed by atoms with E-state index in [4.69, 9.17) is 14.6 Å². The van der Waals surface area contributed by atoms with Gasteiger partial charge in [-0.25, -0.2) is 4.79 Å². The molecule has 37 heavy (non-hydrogen) atoms. The van der Waals surface area contributed by atoms with Gasteiger partial charge in [-0.2, -0.15) is 5.10 Å². The highest BCUT2D eigenvalue weighted by molar-refractivity contribution is 5.68. The van der Waals surface area contributed by atoms with Crippen LogP contribution >= 0.6 is 0 Å². The minimum atomic E-state index is -0.470. The van der Waals surface area contributed by atoms with Crippen molar-refractivity contribution in [2.75, 3.05) is 51.3 Å². The van der Waals surface area contributed by atoms with Crippen LogP contribution in [0.25, 0.3) is 0 Å². The van der Waals surface area contributed by atoms with Gasteiger partial charge in [0.25, 0.3) is 0 Å². The molecule has 0 bridgehead atoms. The molecule has 4 rings (SSSR count). The summed E-state index contributed by atoms with van der Waals surface area (Å²) in [5.74, 6) is 1.05. The number of nitrogens with zero attached hydrogens (tertiary/aromatic N) is 5. The van der Waals surface area contributed by atoms with Gasteiger partial charge in [-0.15, -0.1) is 0 Å². The Balaban J connectivity index is 1.44. The number of ether oxygens (including phenoxy) is 2. The molecule has 2 aliphatic heterocycles. The maximum Gasteiger partial charge on any atom is 0.410 e. The summed E-state index contributed by atoms with van der Waals surface area (Å²) in [6, 6.07) is 13.2. The van der Waals surface area contributed by atoms with Gasteiger partial charge >= 0.3 is 6.09 Å². The summed E-state index contributed by atoms with van der Waals surface area (Å²) in [5.41, 5.74) is 1.98. The summed E-state index contributed by atoms with van der Waals surface area (Å²) in [5, 5.41) is 5.15. The number of rotatable bonds is 7. The highest BCUT2D eigenvalue weighted by atomic mass is 16.6. The van der Waals surface area contributed by atoms with E-state index in [0.29, 0.717) is 13.1 Å². The van der Waals surface area contributed by atoms with Crippen molar-refractivity contribution in [2.45, 2.75) is 77.6 Å². The summed E-state index contributed by atoms with van der Waals surface area (Å²) in [6.45, 7) is 16.2. The minimum Gasteiger partial charge on any atom is -0.444 e. The summed E-state index contributed by atoms with van der Waals surface area (Å²) >= 11 is 0. The Kier molecular flexibility index (Phi) is 8.49. The Bertz CT molecular complexity index is 1030. The molecule has 1 amide bonds. The number of anilines is 1. The van der Waals surface area contributed by atoms with Crippen LogP contribution < -0.4 is 4.90 Å². The highest BCUT2D eigenvalue weighted by Gasteiger charge is 2.39. The van der Waals surface area contributed by atoms with Crippen LogP contribution in [0, 0.1) is 6.92 Å². The molecule has 1 atom stereocenters. The predicted octanol–water partition coefficient (Wildman–Crippen LogP) is 4.88. The van der Waals surface area contributed by atoms with Gasteiger partial charge in [0, 0.05) is 64.7 Å². The molecule has 0 N–H and O–H groups in total. The summed E-state index contributed by atoms with van der Waals surface area (Å²) in [4.78, 5) is 19.4. The van der Waals surface area contributed by atoms with E-state index in [9.17, 15) is 4.79 Å². The number of aryl methyl sites for hydroxylation is 1. The molecule has 0 saturated carbocycles. The number of aromatic nitrogens is 2. The summed E-state index contributed by atoms with van der Waals surface area (Å²) < 4.78 is 13.3. The average Bonchev–Trinajstić information content (AvgIpc) is 3.23. The minimum absolute atomic E-state index is 0.0747. The Morgan fingerprint density at radius 3 is 2.46 bits per heavy atom. The van der Waals surface area contributed by atoms with Crippen LogP contribution in [0.4, 0.5) is 10.6 Å². The van der Waals surface area contributed by atoms with E-state index in [1.54, 1.807) is 7.11 Å². The first-order chi connectivity index (χ1) is 17.6. The number of amides is 1. The maximum absolute atomic E-state index is 12.5. The molecular formula is C29H45N5O3. The maximum atomic E-state index is 12.5. The summed E-state index contributed by atoms with van der Waals surface area (Å²) in [7, 11) is 1.78. The third-order valence-electron chi connectivity index (χ3n) is 7.60. The molecule has 2 aromatic rings. The van der Waals surface area contributed by atoms with Gasteiger partial charge in [0.05, 0.1) is 11.6 Å². The third kappa shape index (κ3) is 6.85. The Morgan fingerprint density at radius 1 is 1.11 bits per heavy atom. The number of hydrogen-bond donors (Lipinski definition) is 0. The van der Waals surface area contributed by atoms with Gasteiger partial charge in [0.15, 0.2) is 5.82 Å². The smallest absolute Gasteiger partial charge is 0.410 e. The molecule has 2 fully saturated rings. The van der Waals surface area contributed by atoms with E-state index in [1.165, 1.54) is 11.3 Å². The Morgan fingerprint density at radius 2 is 1.81 bits per heavy atom. The van der Waals surface area contributed by atoms with Gasteiger partial charge in [-0.3, -0.25) is 9.58 Å². The van der Waals surface area contributed by atoms with E-state index in [1.807, 2.05) is 25.7 Å². The fourth-order valence-corrected chi connectivity index (χ4v) is 5.65. The van der Waals surface area contributed by atoms with Crippen LogP contribution in [0.1, 0.15) is 64.3 Å². The number of carbonyl (C=O) groups excluding carboxylic acids is 1. The number of benzene rings is 1. The molecule has 204 valence electrons. The fraction of sp³-hybridized carbons (Fsp3) is 0.655. The number of piperidine rings is 1. The molecule has 2 aliphatic rings. The molecule has 8 nitrogen and oxygen atoms in total. The molecule has 0 unspecified atom stereocenters. The second-order valence-corrected chi connectivity index (χ2v) is 11.9. The van der Waals surface area contributed by atoms with Gasteiger partial charge < -0.3 is 19.3 Å². The topological polar surface area (TPSA) is 63.1 Å². The van der Waals surface area contributed by atoms with Crippen LogP contribution in [-0.2, 0) is 16.0 Å². The number of carbonyl (C=O) groups is 1. The lowest BCUT2D eigenvalue weighted by molar-refractivity contribution is 0.0184. The molecule has 0 spiro atoms. The van der Waals surface area contributed by atoms with Crippen molar-refractivity contribution in [2.24, 2.45) is 0 Å². The van der Waals surface area contributed by atoms with Crippen molar-refractivity contribution < 1.29 is 14.3 Å². The monoisotopic (exact) mass is 511 g/mol. The van der Waals surface area contributed by atoms with E-state index < -0.39 is 5.60 Å². The van der Waals surface area contributed by atoms with Gasteiger partial charge in [0.1, 0.15) is 5.60 Å². The van der Waals surface area contributed by atoms with Crippen molar-refractivity contribution in [3.63, 3.8) is 0 Å². The van der Waals surface area contributed by atoms with Crippen LogP contribution in [0.5, 0.6) is 0 Å². The zero-order valence-corrected chi connectivity index (χ0v) is 23.6. The number of likely N-dealkylation sites (tertiary alicyclic amines) is 1. The van der Waals surface area contributed by atoms with E-state index in [-0.39, 0.29) is 17.7 Å². The molecular weight excluding hydrogens is 466 g/mol. The van der Waals surface area contributed by atoms with Gasteiger partial charge in [-0.1, -0.05) is 30.3 Å². The molecule has 0 radical (unpaired) electrons. The van der Waals surface area contributed by atoms with Crippen molar-refractivity contribution in [1.29, 1.82) is 0 Å². The third-order valence-corrected chi connectivity index (χ3v) is 7.60. The van der Waals surface area contributed by atoms with Crippen molar-refractivity contribution in [1.82, 2.24) is 19.6 Å². The lowest BCUT2D eigenvalue weighted by atomic mass is 9.92. The molecule has 8 heteroatoms. The summed E-state index contributed by atoms with van der Waals surface area (Å²) in [6.07, 6.45) is 2.49. The SMILES string of the molecule is COCC[C@@]1(C)CN(Cc2ccccc2)CCN1c1cc(C)n(C2CCN(C(=O)OC(C)(C)C)CC2)n1. The molecule has 1 aromatic carbocycles. The van der Waals surface area contributed by atoms with Gasteiger partial charge in [-0.05, 0) is 59.4 Å². The normalized spacial score (nSPS) is 21.9. The quantitative estimate of drug-likeness (QED) is 0.528. The van der Waals surface area contributed by atoms with Crippen LogP contribution in [0.2, 0.25) is 0 Å². The first kappa shape index (κ1) is 27.5. The zero-order chi connectivity index (χ0) is 26.6. The average molecular weight is 512 g/mol. The number of piperazine rings is 1. The van der Waals surface area contributed by atoms with E-state index >= 15 is 0 Å². The first-order valence-corrected chi connectivity index (χ1v) is 13.6. The molecule has 3 heterocycles. The standard InChI is InChI=1S/C29H45N5O3/c1-23-20-26(30-34(23)25-12-15-32(16-13-25)27(35)37-28(2,3)4)33-18-17-31(21-24-10-8-7-9-11-24)22-29(33,5)14-19-36-6/h7-11,20,25H,12-19,21-22H2,1-6H3/t29-/m0/s1. The molecule has 2 saturated heterocycles. The molecule has 1 aromatic heterocycles. The van der Waals surface area contributed by atoms with E-state index in [2.05, 4.69) is 64.7 Å². The van der Waals surface area contributed by atoms with Crippen LogP contribution in [-0.4, -0.2) is 83.3 Å². The van der Waals surface area contributed by atoms with Gasteiger partial charge in [0.2, 0.25) is 0 Å².